The van der Waals surface area contributed by atoms with Gasteiger partial charge in [0, 0.05) is 6.54 Å². The van der Waals surface area contributed by atoms with E-state index in [1.165, 1.54) is 13.0 Å². The minimum Gasteiger partial charge on any atom is -0.328 e. The molecule has 1 aromatic rings. The number of hydrogen-bond acceptors (Lipinski definition) is 2. The van der Waals surface area contributed by atoms with Crippen LogP contribution in [0, 0.1) is 0 Å². The molecule has 0 bridgehead atoms. The van der Waals surface area contributed by atoms with Gasteiger partial charge in [0.25, 0.3) is 5.91 Å². The van der Waals surface area contributed by atoms with Gasteiger partial charge in [0.2, 0.25) is 0 Å². The molecule has 0 spiro atoms. The molecule has 0 aromatic carbocycles. The average molecular weight is 311 g/mol. The van der Waals surface area contributed by atoms with Crippen molar-refractivity contribution in [1.29, 1.82) is 0 Å². The molecule has 0 saturated heterocycles. The number of nitrogens with zero attached hydrogens (tertiary/aromatic N) is 2. The van der Waals surface area contributed by atoms with Crippen LogP contribution in [0.1, 0.15) is 17.4 Å². The highest BCUT2D eigenvalue weighted by Gasteiger charge is 2.32. The summed E-state index contributed by atoms with van der Waals surface area (Å²) in [4.78, 5) is 16.3. The molecule has 94 valence electrons. The summed E-state index contributed by atoms with van der Waals surface area (Å²) < 4.78 is 37.1. The van der Waals surface area contributed by atoms with Crippen molar-refractivity contribution in [2.45, 2.75) is 13.1 Å². The first-order chi connectivity index (χ1) is 7.83. The van der Waals surface area contributed by atoms with Gasteiger partial charge in [0.15, 0.2) is 0 Å². The van der Waals surface area contributed by atoms with Gasteiger partial charge < -0.3 is 4.90 Å². The Balaban J connectivity index is 2.87. The molecule has 0 radical (unpaired) electrons. The fourth-order valence-corrected chi connectivity index (χ4v) is 1.58. The van der Waals surface area contributed by atoms with Gasteiger partial charge in [0.05, 0.1) is 0 Å². The van der Waals surface area contributed by atoms with E-state index in [2.05, 4.69) is 20.9 Å². The summed E-state index contributed by atoms with van der Waals surface area (Å²) in [6, 6.07) is 4.52. The van der Waals surface area contributed by atoms with Crippen molar-refractivity contribution >= 4 is 21.8 Å². The molecule has 7 heteroatoms. The second-order valence-electron chi connectivity index (χ2n) is 3.28. The number of pyridine rings is 1. The van der Waals surface area contributed by atoms with Crippen LogP contribution in [0.3, 0.4) is 0 Å². The highest BCUT2D eigenvalue weighted by atomic mass is 79.9. The lowest BCUT2D eigenvalue weighted by molar-refractivity contribution is -0.140. The summed E-state index contributed by atoms with van der Waals surface area (Å²) in [5.41, 5.74) is -0.00882. The lowest BCUT2D eigenvalue weighted by Gasteiger charge is -2.21. The molecule has 0 fully saturated rings. The largest absolute Gasteiger partial charge is 0.406 e. The fraction of sp³-hybridized carbons (Fsp3) is 0.400. The third-order valence-corrected chi connectivity index (χ3v) is 2.41. The zero-order chi connectivity index (χ0) is 13.1. The van der Waals surface area contributed by atoms with Crippen molar-refractivity contribution in [3.63, 3.8) is 0 Å². The van der Waals surface area contributed by atoms with E-state index in [1.807, 2.05) is 0 Å². The van der Waals surface area contributed by atoms with Crippen molar-refractivity contribution in [2.24, 2.45) is 0 Å². The molecule has 0 atom stereocenters. The molecular formula is C10H10BrF3N2O. The second-order valence-corrected chi connectivity index (χ2v) is 4.09. The van der Waals surface area contributed by atoms with Crippen LogP contribution in [0.4, 0.5) is 13.2 Å². The van der Waals surface area contributed by atoms with Crippen molar-refractivity contribution in [2.75, 3.05) is 13.1 Å². The number of hydrogen-bond donors (Lipinski definition) is 0. The van der Waals surface area contributed by atoms with Crippen molar-refractivity contribution in [3.8, 4) is 0 Å². The number of carbonyl (C=O) groups is 1. The number of rotatable bonds is 3. The molecule has 3 nitrogen and oxygen atoms in total. The molecular weight excluding hydrogens is 301 g/mol. The predicted molar refractivity (Wildman–Crippen MR) is 59.6 cm³/mol. The Hall–Kier alpha value is -1.11. The first-order valence-electron chi connectivity index (χ1n) is 4.82. The molecule has 1 heterocycles. The van der Waals surface area contributed by atoms with Gasteiger partial charge in [-0.1, -0.05) is 6.07 Å². The van der Waals surface area contributed by atoms with Crippen molar-refractivity contribution in [1.82, 2.24) is 9.88 Å². The maximum atomic E-state index is 12.2. The smallest absolute Gasteiger partial charge is 0.328 e. The van der Waals surface area contributed by atoms with Gasteiger partial charge >= 0.3 is 6.18 Å². The first kappa shape index (κ1) is 14.0. The van der Waals surface area contributed by atoms with Crippen molar-refractivity contribution < 1.29 is 18.0 Å². The van der Waals surface area contributed by atoms with Crippen LogP contribution in [0.2, 0.25) is 0 Å². The van der Waals surface area contributed by atoms with Gasteiger partial charge in [-0.3, -0.25) is 4.79 Å². The number of halogens is 4. The molecule has 0 aliphatic carbocycles. The minimum absolute atomic E-state index is 0.00882. The Morgan fingerprint density at radius 1 is 1.47 bits per heavy atom. The lowest BCUT2D eigenvalue weighted by atomic mass is 10.3. The summed E-state index contributed by atoms with van der Waals surface area (Å²) in [5, 5.41) is 0. The minimum atomic E-state index is -4.41. The molecule has 1 aromatic heterocycles. The van der Waals surface area contributed by atoms with Crippen LogP contribution in [-0.2, 0) is 0 Å². The zero-order valence-corrected chi connectivity index (χ0v) is 10.5. The third-order valence-electron chi connectivity index (χ3n) is 1.97. The monoisotopic (exact) mass is 310 g/mol. The molecule has 0 aliphatic heterocycles. The van der Waals surface area contributed by atoms with Crippen LogP contribution in [0.5, 0.6) is 0 Å². The summed E-state index contributed by atoms with van der Waals surface area (Å²) in [6.07, 6.45) is -4.41. The van der Waals surface area contributed by atoms with E-state index >= 15 is 0 Å². The standard InChI is InChI=1S/C10H10BrF3N2O/c1-2-16(6-10(12,13)14)9(17)7-4-3-5-8(11)15-7/h3-5H,2,6H2,1H3. The van der Waals surface area contributed by atoms with Gasteiger partial charge in [-0.25, -0.2) is 4.98 Å². The Morgan fingerprint density at radius 3 is 2.59 bits per heavy atom. The van der Waals surface area contributed by atoms with E-state index in [4.69, 9.17) is 0 Å². The Labute approximate surface area is 105 Å². The Morgan fingerprint density at radius 2 is 2.12 bits per heavy atom. The highest BCUT2D eigenvalue weighted by Crippen LogP contribution is 2.18. The van der Waals surface area contributed by atoms with Crippen molar-refractivity contribution in [3.05, 3.63) is 28.5 Å². The summed E-state index contributed by atoms with van der Waals surface area (Å²) in [7, 11) is 0. The second kappa shape index (κ2) is 5.48. The van der Waals surface area contributed by atoms with E-state index in [0.29, 0.717) is 9.50 Å². The van der Waals surface area contributed by atoms with Crippen LogP contribution in [0.15, 0.2) is 22.8 Å². The van der Waals surface area contributed by atoms with Gasteiger partial charge in [-0.2, -0.15) is 13.2 Å². The van der Waals surface area contributed by atoms with Crippen LogP contribution >= 0.6 is 15.9 Å². The van der Waals surface area contributed by atoms with E-state index in [0.717, 1.165) is 0 Å². The highest BCUT2D eigenvalue weighted by molar-refractivity contribution is 9.10. The number of aromatic nitrogens is 1. The first-order valence-corrected chi connectivity index (χ1v) is 5.61. The molecule has 17 heavy (non-hydrogen) atoms. The Kier molecular flexibility index (Phi) is 4.50. The van der Waals surface area contributed by atoms with Crippen LogP contribution in [-0.4, -0.2) is 35.1 Å². The SMILES string of the molecule is CCN(CC(F)(F)F)C(=O)c1cccc(Br)n1. The maximum absolute atomic E-state index is 12.2. The normalized spacial score (nSPS) is 11.4. The van der Waals surface area contributed by atoms with Crippen LogP contribution < -0.4 is 0 Å². The topological polar surface area (TPSA) is 33.2 Å². The van der Waals surface area contributed by atoms with E-state index in [9.17, 15) is 18.0 Å². The quantitative estimate of drug-likeness (QED) is 0.804. The van der Waals surface area contributed by atoms with E-state index in [1.54, 1.807) is 12.1 Å². The number of amides is 1. The fourth-order valence-electron chi connectivity index (χ4n) is 1.23. The summed E-state index contributed by atoms with van der Waals surface area (Å²) >= 11 is 3.06. The van der Waals surface area contributed by atoms with Crippen LogP contribution in [0.25, 0.3) is 0 Å². The summed E-state index contributed by atoms with van der Waals surface area (Å²) in [6.45, 7) is 0.199. The molecule has 0 aliphatic rings. The lowest BCUT2D eigenvalue weighted by Crippen LogP contribution is -2.39. The molecule has 0 unspecified atom stereocenters. The Bertz CT molecular complexity index is 409. The third kappa shape index (κ3) is 4.33. The average Bonchev–Trinajstić information content (AvgIpc) is 2.23. The van der Waals surface area contributed by atoms with E-state index < -0.39 is 18.6 Å². The zero-order valence-electron chi connectivity index (χ0n) is 8.96. The molecule has 1 amide bonds. The maximum Gasteiger partial charge on any atom is 0.406 e. The van der Waals surface area contributed by atoms with Gasteiger partial charge in [0.1, 0.15) is 16.8 Å². The van der Waals surface area contributed by atoms with E-state index in [-0.39, 0.29) is 12.2 Å². The van der Waals surface area contributed by atoms with Gasteiger partial charge in [-0.15, -0.1) is 0 Å². The molecule has 0 N–H and O–H groups in total. The van der Waals surface area contributed by atoms with Gasteiger partial charge in [-0.05, 0) is 35.0 Å². The summed E-state index contributed by atoms with van der Waals surface area (Å²) in [5.74, 6) is -0.730. The number of carbonyl (C=O) groups excluding carboxylic acids is 1. The molecule has 1 rings (SSSR count). The predicted octanol–water partition coefficient (Wildman–Crippen LogP) is 2.87. The number of alkyl halides is 3. The molecule has 0 saturated carbocycles.